The zero-order chi connectivity index (χ0) is 13.1. The zero-order valence-electron chi connectivity index (χ0n) is 10.3. The maximum Gasteiger partial charge on any atom is 0.268 e. The van der Waals surface area contributed by atoms with Crippen LogP contribution in [0.1, 0.15) is 17.4 Å². The Morgan fingerprint density at radius 3 is 3.00 bits per heavy atom. The minimum absolute atomic E-state index is 0.0133. The quantitative estimate of drug-likeness (QED) is 0.912. The molecule has 0 saturated carbocycles. The number of rotatable bonds is 4. The molecule has 0 spiro atoms. The maximum absolute atomic E-state index is 12.0. The van der Waals surface area contributed by atoms with Crippen molar-refractivity contribution in [1.29, 1.82) is 0 Å². The van der Waals surface area contributed by atoms with Crippen molar-refractivity contribution in [3.05, 3.63) is 34.4 Å². The summed E-state index contributed by atoms with van der Waals surface area (Å²) >= 11 is 3.40. The molecule has 0 aliphatic carbocycles. The van der Waals surface area contributed by atoms with Gasteiger partial charge in [0.25, 0.3) is 5.91 Å². The van der Waals surface area contributed by atoms with E-state index in [1.54, 1.807) is 7.11 Å². The minimum Gasteiger partial charge on any atom is -0.383 e. The van der Waals surface area contributed by atoms with Gasteiger partial charge in [0.15, 0.2) is 0 Å². The third kappa shape index (κ3) is 2.91. The summed E-state index contributed by atoms with van der Waals surface area (Å²) in [6.07, 6.45) is 0. The highest BCUT2D eigenvalue weighted by Crippen LogP contribution is 2.20. The molecule has 0 bridgehead atoms. The van der Waals surface area contributed by atoms with Gasteiger partial charge >= 0.3 is 0 Å². The number of amides is 1. The topological polar surface area (TPSA) is 54.1 Å². The summed E-state index contributed by atoms with van der Waals surface area (Å²) in [6.45, 7) is 2.40. The number of hydrogen-bond acceptors (Lipinski definition) is 2. The number of halogens is 1. The van der Waals surface area contributed by atoms with Gasteiger partial charge in [-0.15, -0.1) is 0 Å². The predicted octanol–water partition coefficient (Wildman–Crippen LogP) is 2.70. The van der Waals surface area contributed by atoms with Gasteiger partial charge in [0, 0.05) is 28.5 Å². The molecule has 0 aliphatic rings. The molecule has 0 saturated heterocycles. The average Bonchev–Trinajstić information content (AvgIpc) is 2.72. The first-order chi connectivity index (χ1) is 8.60. The van der Waals surface area contributed by atoms with Crippen LogP contribution in [0.25, 0.3) is 10.9 Å². The van der Waals surface area contributed by atoms with E-state index in [9.17, 15) is 4.79 Å². The zero-order valence-corrected chi connectivity index (χ0v) is 11.9. The van der Waals surface area contributed by atoms with Gasteiger partial charge in [0.2, 0.25) is 0 Å². The summed E-state index contributed by atoms with van der Waals surface area (Å²) in [7, 11) is 1.61. The predicted molar refractivity (Wildman–Crippen MR) is 74.8 cm³/mol. The Bertz CT molecular complexity index is 565. The van der Waals surface area contributed by atoms with Gasteiger partial charge in [0.1, 0.15) is 5.69 Å². The fourth-order valence-corrected chi connectivity index (χ4v) is 2.18. The summed E-state index contributed by atoms with van der Waals surface area (Å²) in [5.74, 6) is -0.119. The highest BCUT2D eigenvalue weighted by atomic mass is 79.9. The summed E-state index contributed by atoms with van der Waals surface area (Å²) in [4.78, 5) is 15.1. The number of carbonyl (C=O) groups is 1. The molecule has 1 amide bonds. The summed E-state index contributed by atoms with van der Waals surface area (Å²) in [6, 6.07) is 7.69. The Morgan fingerprint density at radius 1 is 1.50 bits per heavy atom. The monoisotopic (exact) mass is 310 g/mol. The molecule has 1 aromatic carbocycles. The van der Waals surface area contributed by atoms with Crippen LogP contribution in [0.2, 0.25) is 0 Å². The van der Waals surface area contributed by atoms with E-state index in [1.807, 2.05) is 31.2 Å². The molecule has 1 heterocycles. The van der Waals surface area contributed by atoms with Gasteiger partial charge in [-0.05, 0) is 25.1 Å². The second-order valence-electron chi connectivity index (χ2n) is 4.24. The minimum atomic E-state index is -0.119. The molecule has 1 aromatic heterocycles. The van der Waals surface area contributed by atoms with Crippen molar-refractivity contribution < 1.29 is 9.53 Å². The second kappa shape index (κ2) is 5.54. The molecule has 2 rings (SSSR count). The third-order valence-electron chi connectivity index (χ3n) is 2.62. The van der Waals surface area contributed by atoms with Crippen LogP contribution in [-0.2, 0) is 4.74 Å². The van der Waals surface area contributed by atoms with Crippen molar-refractivity contribution in [2.45, 2.75) is 13.0 Å². The number of nitrogens with one attached hydrogen (secondary N) is 2. The van der Waals surface area contributed by atoms with E-state index in [0.717, 1.165) is 15.4 Å². The van der Waals surface area contributed by atoms with E-state index >= 15 is 0 Å². The van der Waals surface area contributed by atoms with Gasteiger partial charge in [-0.1, -0.05) is 22.0 Å². The number of benzene rings is 1. The van der Waals surface area contributed by atoms with Crippen LogP contribution in [0, 0.1) is 0 Å². The van der Waals surface area contributed by atoms with Gasteiger partial charge in [-0.25, -0.2) is 0 Å². The Balaban J connectivity index is 2.18. The molecular weight excluding hydrogens is 296 g/mol. The lowest BCUT2D eigenvalue weighted by Gasteiger charge is -2.11. The van der Waals surface area contributed by atoms with Crippen molar-refractivity contribution in [3.8, 4) is 0 Å². The summed E-state index contributed by atoms with van der Waals surface area (Å²) in [5, 5.41) is 3.88. The molecule has 0 fully saturated rings. The van der Waals surface area contributed by atoms with Crippen molar-refractivity contribution in [3.63, 3.8) is 0 Å². The maximum atomic E-state index is 12.0. The number of aromatic amines is 1. The van der Waals surface area contributed by atoms with Crippen LogP contribution in [0.15, 0.2) is 28.7 Å². The van der Waals surface area contributed by atoms with Crippen molar-refractivity contribution in [1.82, 2.24) is 10.3 Å². The molecule has 2 N–H and O–H groups in total. The van der Waals surface area contributed by atoms with Gasteiger partial charge < -0.3 is 15.0 Å². The van der Waals surface area contributed by atoms with Crippen molar-refractivity contribution >= 4 is 32.7 Å². The van der Waals surface area contributed by atoms with Gasteiger partial charge in [0.05, 0.1) is 6.61 Å². The highest BCUT2D eigenvalue weighted by Gasteiger charge is 2.12. The lowest BCUT2D eigenvalue weighted by Crippen LogP contribution is -2.35. The van der Waals surface area contributed by atoms with Crippen molar-refractivity contribution in [2.24, 2.45) is 0 Å². The van der Waals surface area contributed by atoms with E-state index in [2.05, 4.69) is 26.2 Å². The van der Waals surface area contributed by atoms with E-state index in [4.69, 9.17) is 4.74 Å². The number of hydrogen-bond donors (Lipinski definition) is 2. The lowest BCUT2D eigenvalue weighted by atomic mass is 10.2. The lowest BCUT2D eigenvalue weighted by molar-refractivity contribution is 0.0901. The van der Waals surface area contributed by atoms with Crippen LogP contribution in [0.3, 0.4) is 0 Å². The molecule has 2 aromatic rings. The first-order valence-corrected chi connectivity index (χ1v) is 6.47. The van der Waals surface area contributed by atoms with Crippen molar-refractivity contribution in [2.75, 3.05) is 13.7 Å². The van der Waals surface area contributed by atoms with E-state index in [1.165, 1.54) is 0 Å². The number of methoxy groups -OCH3 is 1. The second-order valence-corrected chi connectivity index (χ2v) is 5.16. The number of aromatic nitrogens is 1. The first-order valence-electron chi connectivity index (χ1n) is 5.68. The van der Waals surface area contributed by atoms with E-state index in [-0.39, 0.29) is 11.9 Å². The fourth-order valence-electron chi connectivity index (χ4n) is 1.81. The highest BCUT2D eigenvalue weighted by molar-refractivity contribution is 9.10. The summed E-state index contributed by atoms with van der Waals surface area (Å²) in [5.41, 5.74) is 1.50. The number of ether oxygens (including phenoxy) is 1. The molecule has 1 atom stereocenters. The smallest absolute Gasteiger partial charge is 0.268 e. The molecule has 0 radical (unpaired) electrons. The van der Waals surface area contributed by atoms with E-state index in [0.29, 0.717) is 12.3 Å². The van der Waals surface area contributed by atoms with Crippen LogP contribution in [0.5, 0.6) is 0 Å². The van der Waals surface area contributed by atoms with Crippen LogP contribution >= 0.6 is 15.9 Å². The van der Waals surface area contributed by atoms with E-state index < -0.39 is 0 Å². The Hall–Kier alpha value is -1.33. The van der Waals surface area contributed by atoms with Crippen LogP contribution in [-0.4, -0.2) is 30.6 Å². The van der Waals surface area contributed by atoms with Crippen LogP contribution < -0.4 is 5.32 Å². The SMILES string of the molecule is COCC(C)NC(=O)c1cc2ccc(Br)cc2[nH]1. The summed E-state index contributed by atoms with van der Waals surface area (Å²) < 4.78 is 5.97. The molecular formula is C13H15BrN2O2. The average molecular weight is 311 g/mol. The largest absolute Gasteiger partial charge is 0.383 e. The standard InChI is InChI=1S/C13H15BrN2O2/c1-8(7-18-2)15-13(17)12-5-9-3-4-10(14)6-11(9)16-12/h3-6,8,16H,7H2,1-2H3,(H,15,17). The fraction of sp³-hybridized carbons (Fsp3) is 0.308. The third-order valence-corrected chi connectivity index (χ3v) is 3.12. The molecule has 1 unspecified atom stereocenters. The van der Waals surface area contributed by atoms with Gasteiger partial charge in [-0.3, -0.25) is 4.79 Å². The Labute approximate surface area is 114 Å². The number of carbonyl (C=O) groups excluding carboxylic acids is 1. The van der Waals surface area contributed by atoms with Crippen LogP contribution in [0.4, 0.5) is 0 Å². The normalized spacial score (nSPS) is 12.6. The molecule has 0 aliphatic heterocycles. The first kappa shape index (κ1) is 13.1. The molecule has 96 valence electrons. The molecule has 18 heavy (non-hydrogen) atoms. The number of fused-ring (bicyclic) bond motifs is 1. The molecule has 5 heteroatoms. The Morgan fingerprint density at radius 2 is 2.28 bits per heavy atom. The Kier molecular flexibility index (Phi) is 4.04. The van der Waals surface area contributed by atoms with Gasteiger partial charge in [-0.2, -0.15) is 0 Å². The molecule has 4 nitrogen and oxygen atoms in total. The number of H-pyrrole nitrogens is 1.